The van der Waals surface area contributed by atoms with Crippen molar-refractivity contribution in [3.63, 3.8) is 0 Å². The lowest BCUT2D eigenvalue weighted by Gasteiger charge is -2.18. The van der Waals surface area contributed by atoms with Gasteiger partial charge in [-0.25, -0.2) is 8.42 Å². The molecule has 1 N–H and O–H groups in total. The van der Waals surface area contributed by atoms with Crippen molar-refractivity contribution in [3.8, 4) is 0 Å². The molecule has 1 aliphatic rings. The van der Waals surface area contributed by atoms with E-state index in [1.165, 1.54) is 0 Å². The average molecular weight is 372 g/mol. The summed E-state index contributed by atoms with van der Waals surface area (Å²) in [5, 5.41) is 0. The Bertz CT molecular complexity index is 884. The van der Waals surface area contributed by atoms with Crippen LogP contribution in [0.5, 0.6) is 0 Å². The minimum absolute atomic E-state index is 0.129. The zero-order valence-corrected chi connectivity index (χ0v) is 15.9. The number of nitrogens with one attached hydrogen (secondary N) is 1. The van der Waals surface area contributed by atoms with Crippen LogP contribution in [0.2, 0.25) is 0 Å². The number of anilines is 1. The summed E-state index contributed by atoms with van der Waals surface area (Å²) in [6.07, 6.45) is 1.98. The first-order chi connectivity index (χ1) is 12.4. The first kappa shape index (κ1) is 18.5. The molecule has 138 valence electrons. The highest BCUT2D eigenvalue weighted by Crippen LogP contribution is 2.24. The second-order valence-corrected chi connectivity index (χ2v) is 8.56. The molecular formula is C20H24N2O3S. The molecule has 0 aliphatic carbocycles. The number of nitrogens with zero attached hydrogens (tertiary/aromatic N) is 1. The van der Waals surface area contributed by atoms with Crippen molar-refractivity contribution >= 4 is 21.6 Å². The normalized spacial score (nSPS) is 14.7. The lowest BCUT2D eigenvalue weighted by Crippen LogP contribution is -2.28. The molecule has 2 aromatic carbocycles. The van der Waals surface area contributed by atoms with Crippen molar-refractivity contribution in [3.05, 3.63) is 59.7 Å². The standard InChI is InChI=1S/C20H24N2O3S/c1-15(2)16-9-11-17(12-10-16)26(24,25)21-19-8-4-3-7-18(19)20(23)22-13-5-6-14-22/h3-4,7-12,15,21H,5-6,13-14H2,1-2H3. The predicted octanol–water partition coefficient (Wildman–Crippen LogP) is 3.85. The minimum Gasteiger partial charge on any atom is -0.339 e. The highest BCUT2D eigenvalue weighted by molar-refractivity contribution is 7.92. The Labute approximate surface area is 155 Å². The van der Waals surface area contributed by atoms with E-state index in [2.05, 4.69) is 18.6 Å². The molecule has 0 aromatic heterocycles. The molecule has 26 heavy (non-hydrogen) atoms. The molecule has 0 saturated carbocycles. The topological polar surface area (TPSA) is 66.5 Å². The van der Waals surface area contributed by atoms with Crippen LogP contribution >= 0.6 is 0 Å². The van der Waals surface area contributed by atoms with Gasteiger partial charge in [-0.2, -0.15) is 0 Å². The first-order valence-electron chi connectivity index (χ1n) is 8.89. The maximum Gasteiger partial charge on any atom is 0.261 e. The van der Waals surface area contributed by atoms with Gasteiger partial charge in [0.2, 0.25) is 0 Å². The van der Waals surface area contributed by atoms with Crippen LogP contribution in [0.3, 0.4) is 0 Å². The zero-order chi connectivity index (χ0) is 18.7. The number of rotatable bonds is 5. The van der Waals surface area contributed by atoms with Gasteiger partial charge in [-0.1, -0.05) is 38.1 Å². The Morgan fingerprint density at radius 1 is 1.00 bits per heavy atom. The van der Waals surface area contributed by atoms with Crippen LogP contribution in [-0.4, -0.2) is 32.3 Å². The highest BCUT2D eigenvalue weighted by atomic mass is 32.2. The second kappa shape index (κ2) is 7.50. The summed E-state index contributed by atoms with van der Waals surface area (Å²) < 4.78 is 28.1. The van der Waals surface area contributed by atoms with Crippen LogP contribution in [0.1, 0.15) is 48.5 Å². The van der Waals surface area contributed by atoms with E-state index in [0.717, 1.165) is 31.5 Å². The van der Waals surface area contributed by atoms with Gasteiger partial charge in [-0.15, -0.1) is 0 Å². The van der Waals surface area contributed by atoms with E-state index in [0.29, 0.717) is 17.2 Å². The first-order valence-corrected chi connectivity index (χ1v) is 10.4. The number of hydrogen-bond acceptors (Lipinski definition) is 3. The third-order valence-corrected chi connectivity index (χ3v) is 6.03. The second-order valence-electron chi connectivity index (χ2n) is 6.87. The molecule has 0 spiro atoms. The van der Waals surface area contributed by atoms with Gasteiger partial charge < -0.3 is 4.90 Å². The summed E-state index contributed by atoms with van der Waals surface area (Å²) in [6.45, 7) is 5.55. The number of benzene rings is 2. The number of likely N-dealkylation sites (tertiary alicyclic amines) is 1. The number of para-hydroxylation sites is 1. The highest BCUT2D eigenvalue weighted by Gasteiger charge is 2.24. The average Bonchev–Trinajstić information content (AvgIpc) is 3.16. The Balaban J connectivity index is 1.87. The fourth-order valence-corrected chi connectivity index (χ4v) is 4.16. The minimum atomic E-state index is -3.76. The van der Waals surface area contributed by atoms with E-state index in [9.17, 15) is 13.2 Å². The van der Waals surface area contributed by atoms with Crippen LogP contribution in [0, 0.1) is 0 Å². The van der Waals surface area contributed by atoms with Crippen LogP contribution in [-0.2, 0) is 10.0 Å². The third-order valence-electron chi connectivity index (χ3n) is 4.65. The van der Waals surface area contributed by atoms with Gasteiger partial charge in [0.1, 0.15) is 0 Å². The summed E-state index contributed by atoms with van der Waals surface area (Å²) in [4.78, 5) is 14.7. The van der Waals surface area contributed by atoms with Crippen molar-refractivity contribution in [2.75, 3.05) is 17.8 Å². The van der Waals surface area contributed by atoms with E-state index in [-0.39, 0.29) is 10.8 Å². The van der Waals surface area contributed by atoms with Crippen molar-refractivity contribution in [1.82, 2.24) is 4.90 Å². The molecule has 1 saturated heterocycles. The number of carbonyl (C=O) groups is 1. The van der Waals surface area contributed by atoms with Gasteiger partial charge in [0.15, 0.2) is 0 Å². The Morgan fingerprint density at radius 2 is 1.62 bits per heavy atom. The lowest BCUT2D eigenvalue weighted by atomic mass is 10.0. The summed E-state index contributed by atoms with van der Waals surface area (Å²) in [7, 11) is -3.76. The fourth-order valence-electron chi connectivity index (χ4n) is 3.08. The van der Waals surface area contributed by atoms with Crippen molar-refractivity contribution in [2.24, 2.45) is 0 Å². The van der Waals surface area contributed by atoms with Crippen molar-refractivity contribution in [2.45, 2.75) is 37.5 Å². The summed E-state index contributed by atoms with van der Waals surface area (Å²) >= 11 is 0. The number of sulfonamides is 1. The zero-order valence-electron chi connectivity index (χ0n) is 15.1. The molecule has 0 radical (unpaired) electrons. The Hall–Kier alpha value is -2.34. The summed E-state index contributed by atoms with van der Waals surface area (Å²) in [6, 6.07) is 13.6. The quantitative estimate of drug-likeness (QED) is 0.867. The SMILES string of the molecule is CC(C)c1ccc(S(=O)(=O)Nc2ccccc2C(=O)N2CCCC2)cc1. The largest absolute Gasteiger partial charge is 0.339 e. The molecule has 0 atom stereocenters. The van der Waals surface area contributed by atoms with Crippen LogP contribution in [0.15, 0.2) is 53.4 Å². The van der Waals surface area contributed by atoms with Gasteiger partial charge in [0, 0.05) is 13.1 Å². The van der Waals surface area contributed by atoms with Gasteiger partial charge in [-0.05, 0) is 48.6 Å². The molecule has 2 aromatic rings. The lowest BCUT2D eigenvalue weighted by molar-refractivity contribution is 0.0794. The van der Waals surface area contributed by atoms with Crippen molar-refractivity contribution in [1.29, 1.82) is 0 Å². The van der Waals surface area contributed by atoms with Crippen molar-refractivity contribution < 1.29 is 13.2 Å². The Kier molecular flexibility index (Phi) is 5.32. The van der Waals surface area contributed by atoms with E-state index < -0.39 is 10.0 Å². The smallest absolute Gasteiger partial charge is 0.261 e. The maximum atomic E-state index is 12.7. The van der Waals surface area contributed by atoms with E-state index >= 15 is 0 Å². The third kappa shape index (κ3) is 3.90. The van der Waals surface area contributed by atoms with E-state index in [1.54, 1.807) is 41.3 Å². The predicted molar refractivity (Wildman–Crippen MR) is 103 cm³/mol. The molecule has 0 unspecified atom stereocenters. The molecule has 1 fully saturated rings. The van der Waals surface area contributed by atoms with E-state index in [4.69, 9.17) is 0 Å². The molecule has 1 amide bonds. The number of amides is 1. The molecule has 6 heteroatoms. The molecule has 1 aliphatic heterocycles. The van der Waals surface area contributed by atoms with Gasteiger partial charge >= 0.3 is 0 Å². The molecule has 3 rings (SSSR count). The monoisotopic (exact) mass is 372 g/mol. The fraction of sp³-hybridized carbons (Fsp3) is 0.350. The summed E-state index contributed by atoms with van der Waals surface area (Å²) in [5.41, 5.74) is 1.78. The van der Waals surface area contributed by atoms with Crippen LogP contribution in [0.25, 0.3) is 0 Å². The molecular weight excluding hydrogens is 348 g/mol. The summed E-state index contributed by atoms with van der Waals surface area (Å²) in [5.74, 6) is 0.203. The number of hydrogen-bond donors (Lipinski definition) is 1. The number of carbonyl (C=O) groups excluding carboxylic acids is 1. The van der Waals surface area contributed by atoms with E-state index in [1.807, 2.05) is 12.1 Å². The van der Waals surface area contributed by atoms with Crippen LogP contribution < -0.4 is 4.72 Å². The van der Waals surface area contributed by atoms with Gasteiger partial charge in [0.05, 0.1) is 16.1 Å². The molecule has 0 bridgehead atoms. The maximum absolute atomic E-state index is 12.7. The van der Waals surface area contributed by atoms with Gasteiger partial charge in [-0.3, -0.25) is 9.52 Å². The van der Waals surface area contributed by atoms with Gasteiger partial charge in [0.25, 0.3) is 15.9 Å². The Morgan fingerprint density at radius 3 is 2.23 bits per heavy atom. The molecule has 1 heterocycles. The van der Waals surface area contributed by atoms with Crippen LogP contribution in [0.4, 0.5) is 5.69 Å². The molecule has 5 nitrogen and oxygen atoms in total.